The van der Waals surface area contributed by atoms with Gasteiger partial charge in [0.2, 0.25) is 10.0 Å². The molecule has 0 spiro atoms. The second kappa shape index (κ2) is 8.79. The SMILES string of the molecule is COC(=O)[C@H](CO)NC(=O)c1ccc(S(=O)(=O)N2C[C@@H](C)O[C@@H](C)C2)cc1. The number of esters is 1. The normalized spacial score (nSPS) is 22.1. The molecule has 1 aromatic carbocycles. The Hall–Kier alpha value is -2.01. The summed E-state index contributed by atoms with van der Waals surface area (Å²) in [7, 11) is -2.56. The van der Waals surface area contributed by atoms with E-state index in [0.29, 0.717) is 0 Å². The first-order valence-electron chi connectivity index (χ1n) is 8.44. The number of aliphatic hydroxyl groups is 1. The van der Waals surface area contributed by atoms with E-state index in [1.165, 1.54) is 28.6 Å². The molecule has 1 aliphatic heterocycles. The third-order valence-corrected chi connectivity index (χ3v) is 5.96. The van der Waals surface area contributed by atoms with Crippen molar-refractivity contribution in [2.45, 2.75) is 37.0 Å². The molecular weight excluding hydrogens is 376 g/mol. The van der Waals surface area contributed by atoms with Crippen LogP contribution in [0.1, 0.15) is 24.2 Å². The van der Waals surface area contributed by atoms with Gasteiger partial charge in [-0.2, -0.15) is 4.31 Å². The van der Waals surface area contributed by atoms with E-state index in [1.807, 2.05) is 13.8 Å². The molecule has 1 aromatic rings. The van der Waals surface area contributed by atoms with Crippen LogP contribution >= 0.6 is 0 Å². The van der Waals surface area contributed by atoms with E-state index in [4.69, 9.17) is 9.84 Å². The number of aliphatic hydroxyl groups excluding tert-OH is 1. The number of carbonyl (C=O) groups excluding carboxylic acids is 2. The smallest absolute Gasteiger partial charge is 0.330 e. The highest BCUT2D eigenvalue weighted by Crippen LogP contribution is 2.21. The van der Waals surface area contributed by atoms with Crippen LogP contribution < -0.4 is 5.32 Å². The van der Waals surface area contributed by atoms with Crippen molar-refractivity contribution >= 4 is 21.9 Å². The molecule has 0 aliphatic carbocycles. The summed E-state index contributed by atoms with van der Waals surface area (Å²) >= 11 is 0. The van der Waals surface area contributed by atoms with Crippen molar-refractivity contribution in [2.75, 3.05) is 26.8 Å². The number of hydrogen-bond acceptors (Lipinski definition) is 7. The minimum Gasteiger partial charge on any atom is -0.467 e. The van der Waals surface area contributed by atoms with Crippen molar-refractivity contribution < 1.29 is 32.6 Å². The van der Waals surface area contributed by atoms with Gasteiger partial charge in [0.15, 0.2) is 6.04 Å². The number of hydrogen-bond donors (Lipinski definition) is 2. The topological polar surface area (TPSA) is 122 Å². The first kappa shape index (κ1) is 21.3. The zero-order valence-corrected chi connectivity index (χ0v) is 16.2. The van der Waals surface area contributed by atoms with Gasteiger partial charge in [0.05, 0.1) is 30.8 Å². The van der Waals surface area contributed by atoms with Gasteiger partial charge in [-0.15, -0.1) is 0 Å². The monoisotopic (exact) mass is 400 g/mol. The quantitative estimate of drug-likeness (QED) is 0.631. The number of methoxy groups -OCH3 is 1. The second-order valence-corrected chi connectivity index (χ2v) is 8.27. The molecule has 9 nitrogen and oxygen atoms in total. The highest BCUT2D eigenvalue weighted by atomic mass is 32.2. The van der Waals surface area contributed by atoms with Crippen LogP contribution in [0.5, 0.6) is 0 Å². The molecule has 1 amide bonds. The van der Waals surface area contributed by atoms with Gasteiger partial charge in [0, 0.05) is 18.7 Å². The summed E-state index contributed by atoms with van der Waals surface area (Å²) in [4.78, 5) is 23.7. The molecule has 10 heteroatoms. The molecule has 1 heterocycles. The molecule has 1 saturated heterocycles. The first-order valence-corrected chi connectivity index (χ1v) is 9.88. The highest BCUT2D eigenvalue weighted by Gasteiger charge is 2.32. The number of rotatable bonds is 6. The summed E-state index contributed by atoms with van der Waals surface area (Å²) in [6.07, 6.45) is -0.412. The van der Waals surface area contributed by atoms with Crippen LogP contribution in [0.3, 0.4) is 0 Å². The lowest BCUT2D eigenvalue weighted by Gasteiger charge is -2.34. The van der Waals surface area contributed by atoms with Crippen molar-refractivity contribution in [1.82, 2.24) is 9.62 Å². The predicted octanol–water partition coefficient (Wildman–Crippen LogP) is -0.252. The van der Waals surface area contributed by atoms with Gasteiger partial charge in [-0.1, -0.05) is 0 Å². The highest BCUT2D eigenvalue weighted by molar-refractivity contribution is 7.89. The molecule has 0 unspecified atom stereocenters. The zero-order valence-electron chi connectivity index (χ0n) is 15.4. The first-order chi connectivity index (χ1) is 12.7. The number of nitrogens with zero attached hydrogens (tertiary/aromatic N) is 1. The lowest BCUT2D eigenvalue weighted by Crippen LogP contribution is -2.48. The minimum absolute atomic E-state index is 0.0621. The summed E-state index contributed by atoms with van der Waals surface area (Å²) in [6.45, 7) is 3.52. The summed E-state index contributed by atoms with van der Waals surface area (Å²) in [6, 6.07) is 4.17. The van der Waals surface area contributed by atoms with Crippen LogP contribution in [0.2, 0.25) is 0 Å². The van der Waals surface area contributed by atoms with Crippen molar-refractivity contribution in [3.8, 4) is 0 Å². The van der Waals surface area contributed by atoms with Gasteiger partial charge in [-0.3, -0.25) is 4.79 Å². The number of sulfonamides is 1. The van der Waals surface area contributed by atoms with Gasteiger partial charge in [0.25, 0.3) is 5.91 Å². The largest absolute Gasteiger partial charge is 0.467 e. The third-order valence-electron chi connectivity index (χ3n) is 4.11. The van der Waals surface area contributed by atoms with Gasteiger partial charge in [-0.05, 0) is 38.1 Å². The van der Waals surface area contributed by atoms with Crippen molar-refractivity contribution in [2.24, 2.45) is 0 Å². The van der Waals surface area contributed by atoms with Crippen LogP contribution in [0.25, 0.3) is 0 Å². The molecule has 0 aromatic heterocycles. The van der Waals surface area contributed by atoms with E-state index in [2.05, 4.69) is 10.1 Å². The van der Waals surface area contributed by atoms with E-state index in [1.54, 1.807) is 0 Å². The van der Waals surface area contributed by atoms with Crippen molar-refractivity contribution in [3.05, 3.63) is 29.8 Å². The Morgan fingerprint density at radius 2 is 1.81 bits per heavy atom. The molecule has 0 radical (unpaired) electrons. The van der Waals surface area contributed by atoms with Gasteiger partial charge in [0.1, 0.15) is 0 Å². The predicted molar refractivity (Wildman–Crippen MR) is 95.6 cm³/mol. The molecule has 1 aliphatic rings. The average molecular weight is 400 g/mol. The van der Waals surface area contributed by atoms with E-state index in [0.717, 1.165) is 7.11 Å². The van der Waals surface area contributed by atoms with Gasteiger partial charge >= 0.3 is 5.97 Å². The van der Waals surface area contributed by atoms with E-state index in [-0.39, 0.29) is 35.8 Å². The molecule has 1 fully saturated rings. The molecular formula is C17H24N2O7S. The van der Waals surface area contributed by atoms with Crippen LogP contribution in [-0.4, -0.2) is 74.8 Å². The van der Waals surface area contributed by atoms with Crippen LogP contribution in [0, 0.1) is 0 Å². The van der Waals surface area contributed by atoms with E-state index >= 15 is 0 Å². The maximum Gasteiger partial charge on any atom is 0.330 e. The zero-order chi connectivity index (χ0) is 20.2. The Morgan fingerprint density at radius 1 is 1.26 bits per heavy atom. The Labute approximate surface area is 158 Å². The number of ether oxygens (including phenoxy) is 2. The summed E-state index contributed by atoms with van der Waals surface area (Å²) in [5, 5.41) is 11.5. The van der Waals surface area contributed by atoms with Crippen LogP contribution in [0.4, 0.5) is 0 Å². The second-order valence-electron chi connectivity index (χ2n) is 6.34. The van der Waals surface area contributed by atoms with Gasteiger partial charge in [-0.25, -0.2) is 13.2 Å². The number of amides is 1. The Bertz CT molecular complexity index is 769. The summed E-state index contributed by atoms with van der Waals surface area (Å²) in [5.74, 6) is -1.40. The summed E-state index contributed by atoms with van der Waals surface area (Å²) < 4.78 is 37.0. The van der Waals surface area contributed by atoms with E-state index < -0.39 is 34.5 Å². The fraction of sp³-hybridized carbons (Fsp3) is 0.529. The number of morpholine rings is 1. The van der Waals surface area contributed by atoms with Crippen molar-refractivity contribution in [1.29, 1.82) is 0 Å². The number of carbonyl (C=O) groups is 2. The minimum atomic E-state index is -3.71. The molecule has 0 bridgehead atoms. The lowest BCUT2D eigenvalue weighted by molar-refractivity contribution is -0.143. The molecule has 2 N–H and O–H groups in total. The Morgan fingerprint density at radius 3 is 2.30 bits per heavy atom. The maximum absolute atomic E-state index is 12.8. The van der Waals surface area contributed by atoms with Crippen molar-refractivity contribution in [3.63, 3.8) is 0 Å². The molecule has 27 heavy (non-hydrogen) atoms. The standard InChI is InChI=1S/C17H24N2O7S/c1-11-8-19(9-12(2)26-11)27(23,24)14-6-4-13(5-7-14)16(21)18-15(10-20)17(22)25-3/h4-7,11-12,15,20H,8-10H2,1-3H3,(H,18,21)/t11-,12+,15-/m0/s1. The Kier molecular flexibility index (Phi) is 6.93. The van der Waals surface area contributed by atoms with E-state index in [9.17, 15) is 18.0 Å². The average Bonchev–Trinajstić information content (AvgIpc) is 2.64. The molecule has 3 atom stereocenters. The van der Waals surface area contributed by atoms with Crippen LogP contribution in [-0.2, 0) is 24.3 Å². The van der Waals surface area contributed by atoms with Gasteiger partial charge < -0.3 is 19.9 Å². The number of benzene rings is 1. The molecule has 0 saturated carbocycles. The third kappa shape index (κ3) is 5.04. The van der Waals surface area contributed by atoms with Crippen LogP contribution in [0.15, 0.2) is 29.2 Å². The fourth-order valence-electron chi connectivity index (χ4n) is 2.82. The summed E-state index contributed by atoms with van der Waals surface area (Å²) in [5.41, 5.74) is 0.153. The number of nitrogens with one attached hydrogen (secondary N) is 1. The molecule has 150 valence electrons. The fourth-order valence-corrected chi connectivity index (χ4v) is 4.41. The maximum atomic E-state index is 12.8. The lowest BCUT2D eigenvalue weighted by atomic mass is 10.2. The molecule has 2 rings (SSSR count). The Balaban J connectivity index is 2.14.